The van der Waals surface area contributed by atoms with E-state index in [0.717, 1.165) is 38.6 Å². The van der Waals surface area contributed by atoms with Gasteiger partial charge in [-0.15, -0.1) is 0 Å². The van der Waals surface area contributed by atoms with Crippen molar-refractivity contribution in [3.05, 3.63) is 0 Å². The lowest BCUT2D eigenvalue weighted by molar-refractivity contribution is 0.0468. The molecule has 148 valence electrons. The summed E-state index contributed by atoms with van der Waals surface area (Å²) in [5, 5.41) is 6.87. The van der Waals surface area contributed by atoms with E-state index < -0.39 is 0 Å². The molecule has 5 nitrogen and oxygen atoms in total. The van der Waals surface area contributed by atoms with E-state index in [2.05, 4.69) is 41.3 Å². The zero-order valence-corrected chi connectivity index (χ0v) is 17.1. The van der Waals surface area contributed by atoms with Crippen LogP contribution in [0, 0.1) is 0 Å². The van der Waals surface area contributed by atoms with Gasteiger partial charge >= 0.3 is 0 Å². The van der Waals surface area contributed by atoms with Gasteiger partial charge in [-0.3, -0.25) is 4.99 Å². The van der Waals surface area contributed by atoms with Gasteiger partial charge < -0.3 is 20.3 Å². The van der Waals surface area contributed by atoms with E-state index in [0.29, 0.717) is 12.1 Å². The Morgan fingerprint density at radius 2 is 1.84 bits per heavy atom. The summed E-state index contributed by atoms with van der Waals surface area (Å²) < 4.78 is 6.03. The molecule has 1 saturated carbocycles. The molecule has 5 heteroatoms. The molecule has 0 radical (unpaired) electrons. The zero-order valence-electron chi connectivity index (χ0n) is 17.1. The maximum Gasteiger partial charge on any atom is 0.191 e. The van der Waals surface area contributed by atoms with Gasteiger partial charge in [0.15, 0.2) is 5.96 Å². The van der Waals surface area contributed by atoms with Crippen LogP contribution in [0.2, 0.25) is 0 Å². The highest BCUT2D eigenvalue weighted by Gasteiger charge is 2.12. The second-order valence-corrected chi connectivity index (χ2v) is 7.20. The molecule has 1 atom stereocenters. The van der Waals surface area contributed by atoms with Crippen LogP contribution in [-0.2, 0) is 4.74 Å². The average Bonchev–Trinajstić information content (AvgIpc) is 2.90. The zero-order chi connectivity index (χ0) is 18.3. The molecule has 0 saturated heterocycles. The van der Waals surface area contributed by atoms with E-state index in [4.69, 9.17) is 4.74 Å². The first-order chi connectivity index (χ1) is 12.2. The molecular formula is C20H42N4O. The Labute approximate surface area is 156 Å². The van der Waals surface area contributed by atoms with E-state index in [-0.39, 0.29) is 0 Å². The third-order valence-corrected chi connectivity index (χ3v) is 5.16. The minimum absolute atomic E-state index is 0.435. The van der Waals surface area contributed by atoms with Crippen molar-refractivity contribution in [2.45, 2.75) is 84.3 Å². The van der Waals surface area contributed by atoms with Crippen LogP contribution < -0.4 is 10.6 Å². The summed E-state index contributed by atoms with van der Waals surface area (Å²) in [5.41, 5.74) is 0. The minimum atomic E-state index is 0.435. The fourth-order valence-electron chi connectivity index (χ4n) is 3.46. The molecule has 1 aliphatic carbocycles. The molecule has 0 amide bonds. The lowest BCUT2D eigenvalue weighted by Gasteiger charge is -2.21. The molecule has 0 aromatic heterocycles. The van der Waals surface area contributed by atoms with Gasteiger partial charge in [-0.2, -0.15) is 0 Å². The van der Waals surface area contributed by atoms with E-state index in [9.17, 15) is 0 Å². The summed E-state index contributed by atoms with van der Waals surface area (Å²) >= 11 is 0. The Bertz CT molecular complexity index is 337. The molecule has 25 heavy (non-hydrogen) atoms. The molecule has 2 N–H and O–H groups in total. The average molecular weight is 355 g/mol. The molecule has 1 aliphatic rings. The van der Waals surface area contributed by atoms with Crippen LogP contribution in [0.1, 0.15) is 72.1 Å². The van der Waals surface area contributed by atoms with Crippen molar-refractivity contribution in [1.82, 2.24) is 15.5 Å². The number of nitrogens with one attached hydrogen (secondary N) is 2. The van der Waals surface area contributed by atoms with Crippen LogP contribution in [0.25, 0.3) is 0 Å². The number of aliphatic imine (C=N–C) groups is 1. The van der Waals surface area contributed by atoms with Crippen molar-refractivity contribution in [3.8, 4) is 0 Å². The van der Waals surface area contributed by atoms with Crippen molar-refractivity contribution < 1.29 is 4.74 Å². The van der Waals surface area contributed by atoms with Crippen molar-refractivity contribution in [3.63, 3.8) is 0 Å². The normalized spacial score (nSPS) is 18.2. The quantitative estimate of drug-likeness (QED) is 0.258. The summed E-state index contributed by atoms with van der Waals surface area (Å²) in [6, 6.07) is 0.435. The van der Waals surface area contributed by atoms with Crippen LogP contribution in [-0.4, -0.2) is 62.8 Å². The first kappa shape index (κ1) is 22.2. The summed E-state index contributed by atoms with van der Waals surface area (Å²) in [6.07, 6.45) is 10.7. The number of hydrogen-bond donors (Lipinski definition) is 2. The molecule has 1 unspecified atom stereocenters. The predicted octanol–water partition coefficient (Wildman–Crippen LogP) is 3.40. The third kappa shape index (κ3) is 10.7. The van der Waals surface area contributed by atoms with Crippen molar-refractivity contribution >= 4 is 5.96 Å². The highest BCUT2D eigenvalue weighted by atomic mass is 16.5. The van der Waals surface area contributed by atoms with E-state index in [1.165, 1.54) is 51.5 Å². The lowest BCUT2D eigenvalue weighted by atomic mass is 10.1. The SMILES string of the molecule is CCN(CC)CCCC(C)NC(=NC)NCCOC1CCCCCC1. The number of guanidine groups is 1. The van der Waals surface area contributed by atoms with Gasteiger partial charge in [0.05, 0.1) is 12.7 Å². The topological polar surface area (TPSA) is 48.9 Å². The smallest absolute Gasteiger partial charge is 0.191 e. The molecule has 0 aliphatic heterocycles. The fraction of sp³-hybridized carbons (Fsp3) is 0.950. The second kappa shape index (κ2) is 14.4. The summed E-state index contributed by atoms with van der Waals surface area (Å²) in [6.45, 7) is 11.7. The van der Waals surface area contributed by atoms with Gasteiger partial charge in [0.25, 0.3) is 0 Å². The van der Waals surface area contributed by atoms with Crippen LogP contribution in [0.4, 0.5) is 0 Å². The predicted molar refractivity (Wildman–Crippen MR) is 108 cm³/mol. The van der Waals surface area contributed by atoms with Gasteiger partial charge in [-0.05, 0) is 52.2 Å². The van der Waals surface area contributed by atoms with Crippen LogP contribution in [0.3, 0.4) is 0 Å². The first-order valence-corrected chi connectivity index (χ1v) is 10.5. The molecular weight excluding hydrogens is 312 g/mol. The molecule has 1 rings (SSSR count). The maximum absolute atomic E-state index is 6.03. The largest absolute Gasteiger partial charge is 0.376 e. The van der Waals surface area contributed by atoms with Crippen molar-refractivity contribution in [2.24, 2.45) is 4.99 Å². The van der Waals surface area contributed by atoms with Crippen molar-refractivity contribution in [1.29, 1.82) is 0 Å². The highest BCUT2D eigenvalue weighted by molar-refractivity contribution is 5.79. The monoisotopic (exact) mass is 354 g/mol. The van der Waals surface area contributed by atoms with E-state index in [1.54, 1.807) is 0 Å². The van der Waals surface area contributed by atoms with Crippen LogP contribution in [0.15, 0.2) is 4.99 Å². The maximum atomic E-state index is 6.03. The van der Waals surface area contributed by atoms with Crippen LogP contribution >= 0.6 is 0 Å². The summed E-state index contributed by atoms with van der Waals surface area (Å²) in [5.74, 6) is 0.889. The first-order valence-electron chi connectivity index (χ1n) is 10.5. The molecule has 0 spiro atoms. The Morgan fingerprint density at radius 1 is 1.16 bits per heavy atom. The van der Waals surface area contributed by atoms with Gasteiger partial charge in [0.2, 0.25) is 0 Å². The minimum Gasteiger partial charge on any atom is -0.376 e. The van der Waals surface area contributed by atoms with E-state index in [1.807, 2.05) is 7.05 Å². The molecule has 1 fully saturated rings. The molecule has 0 aromatic carbocycles. The molecule has 0 aromatic rings. The standard InChI is InChI=1S/C20H42N4O/c1-5-24(6-2)16-11-12-18(3)23-20(21-4)22-15-17-25-19-13-9-7-8-10-14-19/h18-19H,5-17H2,1-4H3,(H2,21,22,23). The molecule has 0 bridgehead atoms. The highest BCUT2D eigenvalue weighted by Crippen LogP contribution is 2.19. The summed E-state index contributed by atoms with van der Waals surface area (Å²) in [7, 11) is 1.84. The Kier molecular flexibility index (Phi) is 12.8. The van der Waals surface area contributed by atoms with Gasteiger partial charge in [-0.25, -0.2) is 0 Å². The van der Waals surface area contributed by atoms with Gasteiger partial charge in [0.1, 0.15) is 0 Å². The van der Waals surface area contributed by atoms with Crippen LogP contribution in [0.5, 0.6) is 0 Å². The summed E-state index contributed by atoms with van der Waals surface area (Å²) in [4.78, 5) is 6.81. The van der Waals surface area contributed by atoms with Crippen molar-refractivity contribution in [2.75, 3.05) is 39.8 Å². The fourth-order valence-corrected chi connectivity index (χ4v) is 3.46. The number of hydrogen-bond acceptors (Lipinski definition) is 3. The van der Waals surface area contributed by atoms with Gasteiger partial charge in [0, 0.05) is 19.6 Å². The Hall–Kier alpha value is -0.810. The lowest BCUT2D eigenvalue weighted by Crippen LogP contribution is -2.43. The second-order valence-electron chi connectivity index (χ2n) is 7.20. The molecule has 0 heterocycles. The van der Waals surface area contributed by atoms with E-state index >= 15 is 0 Å². The number of ether oxygens (including phenoxy) is 1. The Morgan fingerprint density at radius 3 is 2.44 bits per heavy atom. The number of rotatable bonds is 11. The number of nitrogens with zero attached hydrogens (tertiary/aromatic N) is 2. The Balaban J connectivity index is 2.12. The third-order valence-electron chi connectivity index (χ3n) is 5.16. The van der Waals surface area contributed by atoms with Gasteiger partial charge in [-0.1, -0.05) is 39.5 Å².